The minimum Gasteiger partial charge on any atom is -0.365 e. The summed E-state index contributed by atoms with van der Waals surface area (Å²) >= 11 is 0. The smallest absolute Gasteiger partial charge is 0.271 e. The van der Waals surface area contributed by atoms with Crippen molar-refractivity contribution in [1.82, 2.24) is 35.2 Å². The van der Waals surface area contributed by atoms with Crippen molar-refractivity contribution in [2.45, 2.75) is 44.7 Å². The van der Waals surface area contributed by atoms with Crippen molar-refractivity contribution in [1.29, 1.82) is 0 Å². The number of carbonyl (C=O) groups excluding carboxylic acids is 1. The zero-order chi connectivity index (χ0) is 21.0. The van der Waals surface area contributed by atoms with E-state index in [4.69, 9.17) is 4.74 Å². The van der Waals surface area contributed by atoms with Crippen LogP contribution >= 0.6 is 0 Å². The van der Waals surface area contributed by atoms with Crippen molar-refractivity contribution in [3.63, 3.8) is 0 Å². The van der Waals surface area contributed by atoms with Gasteiger partial charge in [-0.3, -0.25) is 14.7 Å². The maximum Gasteiger partial charge on any atom is 0.271 e. The number of ether oxygens (including phenoxy) is 1. The Bertz CT molecular complexity index is 1020. The van der Waals surface area contributed by atoms with Gasteiger partial charge in [0.15, 0.2) is 0 Å². The van der Waals surface area contributed by atoms with E-state index in [1.54, 1.807) is 6.20 Å². The normalized spacial score (nSPS) is 19.7. The van der Waals surface area contributed by atoms with Gasteiger partial charge in [-0.05, 0) is 18.4 Å². The number of aromatic nitrogens is 5. The molecule has 160 valence electrons. The third-order valence-electron chi connectivity index (χ3n) is 5.94. The van der Waals surface area contributed by atoms with Crippen LogP contribution in [-0.4, -0.2) is 54.9 Å². The lowest BCUT2D eigenvalue weighted by atomic mass is 10.0. The molecule has 1 fully saturated rings. The molecule has 3 aromatic rings. The van der Waals surface area contributed by atoms with Gasteiger partial charge in [0, 0.05) is 38.1 Å². The second kappa shape index (κ2) is 8.91. The number of nitrogens with zero attached hydrogens (tertiary/aromatic N) is 6. The van der Waals surface area contributed by atoms with Gasteiger partial charge >= 0.3 is 0 Å². The van der Waals surface area contributed by atoms with Crippen LogP contribution in [0.4, 0.5) is 0 Å². The maximum absolute atomic E-state index is 12.3. The van der Waals surface area contributed by atoms with E-state index in [1.165, 1.54) is 12.4 Å². The zero-order valence-corrected chi connectivity index (χ0v) is 17.2. The number of amides is 1. The van der Waals surface area contributed by atoms with Gasteiger partial charge in [-0.25, -0.2) is 9.67 Å². The van der Waals surface area contributed by atoms with E-state index in [9.17, 15) is 4.79 Å². The van der Waals surface area contributed by atoms with Crippen LogP contribution < -0.4 is 5.32 Å². The number of hydrogen-bond acceptors (Lipinski definition) is 7. The topological polar surface area (TPSA) is 98.1 Å². The Morgan fingerprint density at radius 1 is 1.16 bits per heavy atom. The Morgan fingerprint density at radius 3 is 2.77 bits per heavy atom. The lowest BCUT2D eigenvalue weighted by molar-refractivity contribution is -0.00216. The minimum atomic E-state index is -0.163. The molecular weight excluding hydrogens is 394 g/mol. The van der Waals surface area contributed by atoms with Gasteiger partial charge < -0.3 is 10.1 Å². The second-order valence-electron chi connectivity index (χ2n) is 7.99. The number of fused-ring (bicyclic) bond motifs is 1. The van der Waals surface area contributed by atoms with E-state index >= 15 is 0 Å². The molecule has 2 aromatic heterocycles. The van der Waals surface area contributed by atoms with Gasteiger partial charge in [0.1, 0.15) is 17.5 Å². The van der Waals surface area contributed by atoms with Crippen LogP contribution in [-0.2, 0) is 24.4 Å². The quantitative estimate of drug-likeness (QED) is 0.673. The highest BCUT2D eigenvalue weighted by Gasteiger charge is 2.27. The maximum atomic E-state index is 12.3. The lowest BCUT2D eigenvalue weighted by Gasteiger charge is -2.32. The molecule has 1 unspecified atom stereocenters. The van der Waals surface area contributed by atoms with Gasteiger partial charge in [-0.15, -0.1) is 5.10 Å². The van der Waals surface area contributed by atoms with Crippen LogP contribution in [0.1, 0.15) is 46.4 Å². The molecule has 1 amide bonds. The fourth-order valence-corrected chi connectivity index (χ4v) is 4.18. The fourth-order valence-electron chi connectivity index (χ4n) is 4.18. The predicted octanol–water partition coefficient (Wildman–Crippen LogP) is 1.73. The summed E-state index contributed by atoms with van der Waals surface area (Å²) < 4.78 is 8.08. The molecule has 4 heterocycles. The Labute approximate surface area is 180 Å². The van der Waals surface area contributed by atoms with Crippen molar-refractivity contribution < 1.29 is 9.53 Å². The van der Waals surface area contributed by atoms with Gasteiger partial charge in [0.25, 0.3) is 5.91 Å². The lowest BCUT2D eigenvalue weighted by Crippen LogP contribution is -2.44. The zero-order valence-electron chi connectivity index (χ0n) is 17.2. The van der Waals surface area contributed by atoms with Gasteiger partial charge in [-0.1, -0.05) is 35.5 Å². The number of carbonyl (C=O) groups is 1. The van der Waals surface area contributed by atoms with Crippen LogP contribution in [0.25, 0.3) is 0 Å². The third kappa shape index (κ3) is 4.47. The first-order valence-corrected chi connectivity index (χ1v) is 10.6. The molecule has 0 radical (unpaired) electrons. The molecule has 1 atom stereocenters. The molecule has 1 aromatic carbocycles. The van der Waals surface area contributed by atoms with E-state index < -0.39 is 0 Å². The molecule has 31 heavy (non-hydrogen) atoms. The summed E-state index contributed by atoms with van der Waals surface area (Å²) in [6.45, 7) is 3.74. The van der Waals surface area contributed by atoms with Crippen molar-refractivity contribution in [2.24, 2.45) is 0 Å². The highest BCUT2D eigenvalue weighted by molar-refractivity contribution is 5.92. The largest absolute Gasteiger partial charge is 0.365 e. The molecule has 2 aliphatic rings. The summed E-state index contributed by atoms with van der Waals surface area (Å²) in [5, 5.41) is 11.9. The Hall–Kier alpha value is -3.17. The predicted molar refractivity (Wildman–Crippen MR) is 112 cm³/mol. The molecule has 0 bridgehead atoms. The van der Waals surface area contributed by atoms with Crippen LogP contribution in [0.3, 0.4) is 0 Å². The average Bonchev–Trinajstić information content (AvgIpc) is 3.23. The standard InChI is InChI=1S/C22H25N7O2/c30-22(18-12-23-8-9-24-18)25-17-6-10-28(11-7-17)13-19-20-15-31-21(14-29(20)27-26-19)16-4-2-1-3-5-16/h1-5,8-9,12,17,21H,6-7,10-11,13-15H2,(H,25,30). The summed E-state index contributed by atoms with van der Waals surface area (Å²) in [7, 11) is 0. The summed E-state index contributed by atoms with van der Waals surface area (Å²) in [5.74, 6) is -0.163. The summed E-state index contributed by atoms with van der Waals surface area (Å²) in [5.41, 5.74) is 3.56. The summed E-state index contributed by atoms with van der Waals surface area (Å²) in [6.07, 6.45) is 6.37. The molecule has 9 nitrogen and oxygen atoms in total. The number of piperidine rings is 1. The van der Waals surface area contributed by atoms with E-state index in [1.807, 2.05) is 22.9 Å². The highest BCUT2D eigenvalue weighted by Crippen LogP contribution is 2.27. The minimum absolute atomic E-state index is 0.0110. The van der Waals surface area contributed by atoms with Crippen molar-refractivity contribution in [3.05, 3.63) is 71.6 Å². The number of benzene rings is 1. The number of rotatable bonds is 5. The Balaban J connectivity index is 1.14. The van der Waals surface area contributed by atoms with E-state index in [0.29, 0.717) is 18.8 Å². The first-order chi connectivity index (χ1) is 15.3. The Morgan fingerprint density at radius 2 is 2.00 bits per heavy atom. The first kappa shape index (κ1) is 19.8. The molecule has 0 saturated carbocycles. The molecule has 1 N–H and O–H groups in total. The summed E-state index contributed by atoms with van der Waals surface area (Å²) in [6, 6.07) is 10.4. The monoisotopic (exact) mass is 419 g/mol. The SMILES string of the molecule is O=C(NC1CCN(Cc2nnn3c2COC(c2ccccc2)C3)CC1)c1cnccn1. The number of hydrogen-bond donors (Lipinski definition) is 1. The van der Waals surface area contributed by atoms with E-state index in [2.05, 4.69) is 42.6 Å². The second-order valence-corrected chi connectivity index (χ2v) is 7.99. The van der Waals surface area contributed by atoms with E-state index in [-0.39, 0.29) is 18.1 Å². The van der Waals surface area contributed by atoms with Crippen molar-refractivity contribution >= 4 is 5.91 Å². The summed E-state index contributed by atoms with van der Waals surface area (Å²) in [4.78, 5) is 22.7. The van der Waals surface area contributed by atoms with Crippen LogP contribution in [0, 0.1) is 0 Å². The van der Waals surface area contributed by atoms with Crippen LogP contribution in [0.5, 0.6) is 0 Å². The molecule has 0 aliphatic carbocycles. The van der Waals surface area contributed by atoms with E-state index in [0.717, 1.165) is 49.4 Å². The molecule has 5 rings (SSSR count). The molecule has 2 aliphatic heterocycles. The molecule has 0 spiro atoms. The van der Waals surface area contributed by atoms with Gasteiger partial charge in [0.05, 0.1) is 25.0 Å². The third-order valence-corrected chi connectivity index (χ3v) is 5.94. The highest BCUT2D eigenvalue weighted by atomic mass is 16.5. The average molecular weight is 419 g/mol. The van der Waals surface area contributed by atoms with Crippen molar-refractivity contribution in [2.75, 3.05) is 13.1 Å². The van der Waals surface area contributed by atoms with Crippen molar-refractivity contribution in [3.8, 4) is 0 Å². The van der Waals surface area contributed by atoms with Crippen LogP contribution in [0.15, 0.2) is 48.9 Å². The van der Waals surface area contributed by atoms with Gasteiger partial charge in [-0.2, -0.15) is 0 Å². The molecular formula is C22H25N7O2. The number of nitrogens with one attached hydrogen (secondary N) is 1. The van der Waals surface area contributed by atoms with Crippen LogP contribution in [0.2, 0.25) is 0 Å². The molecule has 9 heteroatoms. The Kier molecular flexibility index (Phi) is 5.68. The van der Waals surface area contributed by atoms with Gasteiger partial charge in [0.2, 0.25) is 0 Å². The first-order valence-electron chi connectivity index (χ1n) is 10.6. The fraction of sp³-hybridized carbons (Fsp3) is 0.409. The number of likely N-dealkylation sites (tertiary alicyclic amines) is 1. The molecule has 1 saturated heterocycles.